The average Bonchev–Trinajstić information content (AvgIpc) is 2.88. The van der Waals surface area contributed by atoms with Gasteiger partial charge in [0, 0.05) is 50.5 Å². The van der Waals surface area contributed by atoms with Crippen molar-refractivity contribution in [3.63, 3.8) is 0 Å². The number of aliphatic hydroxyl groups excluding tert-OH is 1. The van der Waals surface area contributed by atoms with Gasteiger partial charge < -0.3 is 10.1 Å². The number of ketones is 1. The second-order valence-electron chi connectivity index (χ2n) is 11.2. The normalized spacial score (nSPS) is 15.4. The van der Waals surface area contributed by atoms with Crippen molar-refractivity contribution < 1.29 is 30.0 Å². The maximum Gasteiger partial charge on any atom is 0.192 e. The number of allylic oxidation sites excluding steroid dienone is 2. The molecule has 6 rings (SSSR count). The number of hydrogen-bond donors (Lipinski definition) is 1. The largest absolute Gasteiger partial charge is 0.512 e. The Morgan fingerprint density at radius 2 is 1.49 bits per heavy atom. The molecular weight excluding hydrogens is 659 g/mol. The Hall–Kier alpha value is -3.34. The van der Waals surface area contributed by atoms with E-state index < -0.39 is 0 Å². The Kier molecular flexibility index (Phi) is 7.85. The third-order valence-corrected chi connectivity index (χ3v) is 7.84. The molecule has 2 aliphatic heterocycles. The molecule has 3 heterocycles. The van der Waals surface area contributed by atoms with Crippen LogP contribution in [0.4, 0.5) is 0 Å². The molecule has 6 heteroatoms. The van der Waals surface area contributed by atoms with Crippen molar-refractivity contribution >= 4 is 28.9 Å². The van der Waals surface area contributed by atoms with Crippen molar-refractivity contribution in [3.8, 4) is 11.3 Å². The first-order valence-corrected chi connectivity index (χ1v) is 13.0. The van der Waals surface area contributed by atoms with E-state index >= 15 is 0 Å². The molecule has 39 heavy (non-hydrogen) atoms. The van der Waals surface area contributed by atoms with Gasteiger partial charge in [-0.3, -0.25) is 9.78 Å². The van der Waals surface area contributed by atoms with Gasteiger partial charge in [-0.05, 0) is 35.8 Å². The van der Waals surface area contributed by atoms with Gasteiger partial charge in [0.05, 0.1) is 5.76 Å². The first-order valence-electron chi connectivity index (χ1n) is 13.0. The maximum absolute atomic E-state index is 10.0. The van der Waals surface area contributed by atoms with Crippen molar-refractivity contribution in [2.45, 2.75) is 52.4 Å². The van der Waals surface area contributed by atoms with E-state index in [1.54, 1.807) is 12.4 Å². The summed E-state index contributed by atoms with van der Waals surface area (Å²) in [5.41, 5.74) is 11.4. The van der Waals surface area contributed by atoms with Crippen LogP contribution in [0.5, 0.6) is 0 Å². The van der Waals surface area contributed by atoms with E-state index in [1.807, 2.05) is 6.20 Å². The predicted molar refractivity (Wildman–Crippen MR) is 155 cm³/mol. The molecule has 0 fully saturated rings. The Balaban J connectivity index is 0.000000394. The van der Waals surface area contributed by atoms with Gasteiger partial charge in [-0.15, -0.1) is 34.3 Å². The number of aliphatic hydroxyl groups is 1. The van der Waals surface area contributed by atoms with Gasteiger partial charge in [0.15, 0.2) is 12.5 Å². The number of fused-ring (bicyclic) bond motifs is 4. The Bertz CT molecular complexity index is 1490. The van der Waals surface area contributed by atoms with Crippen LogP contribution in [0.25, 0.3) is 11.3 Å². The monoisotopic (exact) mass is 692 g/mol. The van der Waals surface area contributed by atoms with E-state index in [0.717, 1.165) is 11.3 Å². The summed E-state index contributed by atoms with van der Waals surface area (Å²) in [7, 11) is 0. The number of aromatic nitrogens is 2. The second kappa shape index (κ2) is 10.7. The smallest absolute Gasteiger partial charge is 0.192 e. The number of benzene rings is 3. The van der Waals surface area contributed by atoms with Gasteiger partial charge in [-0.2, -0.15) is 0 Å². The van der Waals surface area contributed by atoms with E-state index in [0.29, 0.717) is 0 Å². The Morgan fingerprint density at radius 1 is 0.897 bits per heavy atom. The summed E-state index contributed by atoms with van der Waals surface area (Å²) in [6, 6.07) is 24.1. The van der Waals surface area contributed by atoms with Gasteiger partial charge in [0.2, 0.25) is 0 Å². The summed E-state index contributed by atoms with van der Waals surface area (Å²) in [4.78, 5) is 18.9. The zero-order valence-corrected chi connectivity index (χ0v) is 25.6. The molecule has 1 aromatic heterocycles. The van der Waals surface area contributed by atoms with E-state index in [1.165, 1.54) is 58.6 Å². The number of carbonyl (C=O) groups excluding carboxylic acids is 1. The second-order valence-corrected chi connectivity index (χ2v) is 11.2. The summed E-state index contributed by atoms with van der Waals surface area (Å²) in [5, 5.41) is 8.36. The fraction of sp³-hybridized carbons (Fsp3) is 0.242. The molecule has 0 unspecified atom stereocenters. The molecule has 1 radical (unpaired) electrons. The molecule has 0 saturated heterocycles. The van der Waals surface area contributed by atoms with Gasteiger partial charge in [0.1, 0.15) is 0 Å². The maximum atomic E-state index is 10.0. The molecule has 3 aromatic carbocycles. The third-order valence-electron chi connectivity index (χ3n) is 7.84. The molecule has 0 atom stereocenters. The fourth-order valence-electron chi connectivity index (χ4n) is 6.17. The van der Waals surface area contributed by atoms with Crippen molar-refractivity contribution in [1.82, 2.24) is 9.97 Å². The van der Waals surface area contributed by atoms with Crippen LogP contribution in [0.3, 0.4) is 0 Å². The average molecular weight is 692 g/mol. The molecule has 0 aliphatic carbocycles. The van der Waals surface area contributed by atoms with Gasteiger partial charge in [-0.1, -0.05) is 87.2 Å². The van der Waals surface area contributed by atoms with Gasteiger partial charge in [0.25, 0.3) is 0 Å². The van der Waals surface area contributed by atoms with Crippen molar-refractivity contribution in [2.75, 3.05) is 0 Å². The standard InChI is InChI=1S/C28H24BN2.C5H8O2.Ir/c1-27(2)19-9-5-7-11-23(19)29-24-12-8-6-10-20(24)28(3,4)22-16-18(15-21(27)26(22)29)25-17-30-13-14-31-25;1-4(6)3-5(2)7;/h5-15,17H,1-4H3;3,6H,1-2H3;/q-1;;/b;4-3-;. The summed E-state index contributed by atoms with van der Waals surface area (Å²) in [5.74, 6) is -0.0625. The first-order chi connectivity index (χ1) is 18.0. The van der Waals surface area contributed by atoms with Crippen molar-refractivity contribution in [2.24, 2.45) is 0 Å². The number of nitrogens with zero attached hydrogens (tertiary/aromatic N) is 2. The third kappa shape index (κ3) is 4.92. The van der Waals surface area contributed by atoms with Crippen LogP contribution in [0, 0.1) is 6.07 Å². The minimum absolute atomic E-state index is 0. The van der Waals surface area contributed by atoms with Crippen LogP contribution in [0.2, 0.25) is 0 Å². The quantitative estimate of drug-likeness (QED) is 0.143. The van der Waals surface area contributed by atoms with Crippen LogP contribution in [0.1, 0.15) is 63.8 Å². The summed E-state index contributed by atoms with van der Waals surface area (Å²) < 4.78 is 0. The number of carbonyl (C=O) groups is 1. The topological polar surface area (TPSA) is 63.1 Å². The fourth-order valence-corrected chi connectivity index (χ4v) is 6.17. The van der Waals surface area contributed by atoms with E-state index in [9.17, 15) is 4.79 Å². The minimum atomic E-state index is -0.141. The molecule has 2 aliphatic rings. The summed E-state index contributed by atoms with van der Waals surface area (Å²) in [6.07, 6.45) is 6.50. The predicted octanol–water partition coefficient (Wildman–Crippen LogP) is 4.77. The van der Waals surface area contributed by atoms with Crippen LogP contribution in [-0.4, -0.2) is 27.6 Å². The zero-order valence-electron chi connectivity index (χ0n) is 23.2. The van der Waals surface area contributed by atoms with Crippen LogP contribution >= 0.6 is 0 Å². The molecule has 0 saturated carbocycles. The molecule has 0 bridgehead atoms. The van der Waals surface area contributed by atoms with Crippen LogP contribution < -0.4 is 16.4 Å². The summed E-state index contributed by atoms with van der Waals surface area (Å²) >= 11 is 0. The zero-order chi connectivity index (χ0) is 27.2. The molecule has 0 amide bonds. The van der Waals surface area contributed by atoms with Gasteiger partial charge in [-0.25, -0.2) is 0 Å². The number of rotatable bonds is 2. The van der Waals surface area contributed by atoms with Crippen molar-refractivity contribution in [3.05, 3.63) is 113 Å². The SMILES string of the molecule is CC(=O)/C=C(/C)O.CC1(C)c2[c-]c(-c3cnccn3)cc3c2B(c2ccccc21)c1ccccc1C3(C)C.[Ir]. The van der Waals surface area contributed by atoms with E-state index in [2.05, 4.69) is 98.3 Å². The number of hydrogen-bond acceptors (Lipinski definition) is 4. The van der Waals surface area contributed by atoms with Crippen molar-refractivity contribution in [1.29, 1.82) is 0 Å². The molecule has 4 nitrogen and oxygen atoms in total. The van der Waals surface area contributed by atoms with Gasteiger partial charge >= 0.3 is 0 Å². The summed E-state index contributed by atoms with van der Waals surface area (Å²) in [6.45, 7) is 12.5. The van der Waals surface area contributed by atoms with Crippen LogP contribution in [0.15, 0.2) is 85.0 Å². The molecule has 199 valence electrons. The van der Waals surface area contributed by atoms with E-state index in [-0.39, 0.29) is 49.2 Å². The molecule has 0 spiro atoms. The Morgan fingerprint density at radius 3 is 2.00 bits per heavy atom. The Labute approximate surface area is 245 Å². The molecule has 1 N–H and O–H groups in total. The molecule has 4 aromatic rings. The van der Waals surface area contributed by atoms with Crippen LogP contribution in [-0.2, 0) is 35.7 Å². The molecular formula is C33H32BIrN2O2-. The van der Waals surface area contributed by atoms with E-state index in [4.69, 9.17) is 5.11 Å². The first kappa shape index (κ1) is 28.7. The minimum Gasteiger partial charge on any atom is -0.512 e.